The van der Waals surface area contributed by atoms with Gasteiger partial charge in [0.2, 0.25) is 11.8 Å². The topological polar surface area (TPSA) is 109 Å². The number of carbonyl (C=O) groups is 3. The molecule has 2 atom stereocenters. The zero-order valence-electron chi connectivity index (χ0n) is 21.3. The summed E-state index contributed by atoms with van der Waals surface area (Å²) in [6.07, 6.45) is 6.84. The van der Waals surface area contributed by atoms with Gasteiger partial charge in [-0.15, -0.1) is 0 Å². The lowest BCUT2D eigenvalue weighted by atomic mass is 9.83. The summed E-state index contributed by atoms with van der Waals surface area (Å²) in [5, 5.41) is 8.72. The van der Waals surface area contributed by atoms with Crippen molar-refractivity contribution in [2.75, 3.05) is 51.4 Å². The molecule has 3 amide bonds. The van der Waals surface area contributed by atoms with Crippen molar-refractivity contribution in [1.29, 1.82) is 0 Å². The predicted octanol–water partition coefficient (Wildman–Crippen LogP) is 2.15. The van der Waals surface area contributed by atoms with Gasteiger partial charge in [-0.25, -0.2) is 4.79 Å². The highest BCUT2D eigenvalue weighted by Gasteiger charge is 2.34. The van der Waals surface area contributed by atoms with Crippen LogP contribution in [0.25, 0.3) is 0 Å². The van der Waals surface area contributed by atoms with Gasteiger partial charge in [0, 0.05) is 26.2 Å². The number of thioether (sulfide) groups is 1. The zero-order chi connectivity index (χ0) is 25.0. The Labute approximate surface area is 208 Å². The summed E-state index contributed by atoms with van der Waals surface area (Å²) in [5.74, 6) is 0.282. The molecular weight excluding hydrogens is 456 g/mol. The normalized spacial score (nSPS) is 19.6. The third-order valence-corrected chi connectivity index (χ3v) is 6.79. The molecule has 34 heavy (non-hydrogen) atoms. The van der Waals surface area contributed by atoms with Gasteiger partial charge < -0.3 is 25.4 Å². The number of amides is 3. The van der Waals surface area contributed by atoms with Gasteiger partial charge in [0.05, 0.1) is 13.2 Å². The van der Waals surface area contributed by atoms with Crippen LogP contribution in [0.2, 0.25) is 0 Å². The molecule has 1 aliphatic heterocycles. The molecule has 0 spiro atoms. The van der Waals surface area contributed by atoms with Crippen molar-refractivity contribution in [2.24, 2.45) is 5.92 Å². The first-order chi connectivity index (χ1) is 16.2. The van der Waals surface area contributed by atoms with Crippen LogP contribution in [0.15, 0.2) is 0 Å². The number of hydrogen-bond donors (Lipinski definition) is 3. The number of nitrogens with zero attached hydrogens (tertiary/aromatic N) is 1. The van der Waals surface area contributed by atoms with E-state index in [4.69, 9.17) is 9.47 Å². The second-order valence-electron chi connectivity index (χ2n) is 10.1. The highest BCUT2D eigenvalue weighted by Crippen LogP contribution is 2.27. The quantitative estimate of drug-likeness (QED) is 0.399. The van der Waals surface area contributed by atoms with Crippen LogP contribution in [0.3, 0.4) is 0 Å². The van der Waals surface area contributed by atoms with E-state index in [2.05, 4.69) is 20.9 Å². The van der Waals surface area contributed by atoms with Crippen LogP contribution in [0.5, 0.6) is 0 Å². The van der Waals surface area contributed by atoms with Gasteiger partial charge in [-0.05, 0) is 58.0 Å². The minimum absolute atomic E-state index is 0.0341. The van der Waals surface area contributed by atoms with E-state index < -0.39 is 23.8 Å². The second kappa shape index (κ2) is 14.8. The minimum Gasteiger partial charge on any atom is -0.444 e. The van der Waals surface area contributed by atoms with E-state index in [0.717, 1.165) is 57.5 Å². The van der Waals surface area contributed by atoms with E-state index in [0.29, 0.717) is 26.2 Å². The van der Waals surface area contributed by atoms with Crippen LogP contribution >= 0.6 is 11.8 Å². The van der Waals surface area contributed by atoms with Crippen molar-refractivity contribution in [3.05, 3.63) is 0 Å². The van der Waals surface area contributed by atoms with Gasteiger partial charge in [0.15, 0.2) is 0 Å². The molecule has 0 unspecified atom stereocenters. The first-order valence-corrected chi connectivity index (χ1v) is 14.0. The summed E-state index contributed by atoms with van der Waals surface area (Å²) in [7, 11) is 0. The molecule has 2 aliphatic rings. The monoisotopic (exact) mass is 500 g/mol. The van der Waals surface area contributed by atoms with Crippen molar-refractivity contribution in [3.8, 4) is 0 Å². The van der Waals surface area contributed by atoms with Gasteiger partial charge >= 0.3 is 6.09 Å². The van der Waals surface area contributed by atoms with Crippen LogP contribution in [0.1, 0.15) is 59.3 Å². The SMILES string of the molecule is CSCC[C@H](NC(=O)[C@@H](NC(=O)OC(C)(C)C)C1CCCCC1)C(=O)NCCN1CCOCC1. The standard InChI is InChI=1S/C24H44N4O5S/c1-24(2,3)33-23(31)27-20(18-8-6-5-7-9-18)22(30)26-19(10-17-34-4)21(29)25-11-12-28-13-15-32-16-14-28/h18-20H,5-17H2,1-4H3,(H,25,29)(H,26,30)(H,27,31)/t19-,20-/m0/s1. The average Bonchev–Trinajstić information content (AvgIpc) is 2.80. The molecule has 1 saturated carbocycles. The number of ether oxygens (including phenoxy) is 2. The highest BCUT2D eigenvalue weighted by atomic mass is 32.2. The van der Waals surface area contributed by atoms with Gasteiger partial charge in [-0.2, -0.15) is 11.8 Å². The van der Waals surface area contributed by atoms with Gasteiger partial charge in [0.1, 0.15) is 17.7 Å². The molecule has 0 bridgehead atoms. The smallest absolute Gasteiger partial charge is 0.408 e. The van der Waals surface area contributed by atoms with Crippen LogP contribution in [-0.4, -0.2) is 91.9 Å². The van der Waals surface area contributed by atoms with E-state index in [1.54, 1.807) is 32.5 Å². The number of carbonyl (C=O) groups excluding carboxylic acids is 3. The first kappa shape index (κ1) is 28.7. The Bertz CT molecular complexity index is 646. The van der Waals surface area contributed by atoms with Gasteiger partial charge in [0.25, 0.3) is 0 Å². The van der Waals surface area contributed by atoms with E-state index in [1.807, 2.05) is 6.26 Å². The fourth-order valence-electron chi connectivity index (χ4n) is 4.35. The van der Waals surface area contributed by atoms with Crippen LogP contribution < -0.4 is 16.0 Å². The fraction of sp³-hybridized carbons (Fsp3) is 0.875. The molecule has 0 radical (unpaired) electrons. The van der Waals surface area contributed by atoms with Crippen molar-refractivity contribution in [3.63, 3.8) is 0 Å². The first-order valence-electron chi connectivity index (χ1n) is 12.6. The molecule has 1 aliphatic carbocycles. The Morgan fingerprint density at radius 1 is 1.06 bits per heavy atom. The van der Waals surface area contributed by atoms with Crippen molar-refractivity contribution in [2.45, 2.75) is 77.0 Å². The van der Waals surface area contributed by atoms with Gasteiger partial charge in [-0.3, -0.25) is 14.5 Å². The number of nitrogens with one attached hydrogen (secondary N) is 3. The van der Waals surface area contributed by atoms with Crippen LogP contribution in [0.4, 0.5) is 4.79 Å². The maximum atomic E-state index is 13.4. The molecule has 2 fully saturated rings. The molecule has 1 heterocycles. The predicted molar refractivity (Wildman–Crippen MR) is 135 cm³/mol. The van der Waals surface area contributed by atoms with E-state index >= 15 is 0 Å². The summed E-state index contributed by atoms with van der Waals surface area (Å²) in [4.78, 5) is 41.0. The molecule has 9 nitrogen and oxygen atoms in total. The lowest BCUT2D eigenvalue weighted by Crippen LogP contribution is -2.57. The highest BCUT2D eigenvalue weighted by molar-refractivity contribution is 7.98. The van der Waals surface area contributed by atoms with Crippen molar-refractivity contribution < 1.29 is 23.9 Å². The van der Waals surface area contributed by atoms with E-state index in [9.17, 15) is 14.4 Å². The Hall–Kier alpha value is -1.52. The Kier molecular flexibility index (Phi) is 12.5. The molecule has 3 N–H and O–H groups in total. The second-order valence-corrected chi connectivity index (χ2v) is 11.1. The zero-order valence-corrected chi connectivity index (χ0v) is 22.1. The largest absolute Gasteiger partial charge is 0.444 e. The third kappa shape index (κ3) is 10.8. The Morgan fingerprint density at radius 2 is 1.74 bits per heavy atom. The summed E-state index contributed by atoms with van der Waals surface area (Å²) < 4.78 is 10.8. The van der Waals surface area contributed by atoms with Gasteiger partial charge in [-0.1, -0.05) is 19.3 Å². The number of hydrogen-bond acceptors (Lipinski definition) is 7. The molecule has 2 rings (SSSR count). The molecule has 0 aromatic rings. The molecule has 1 saturated heterocycles. The van der Waals surface area contributed by atoms with Crippen LogP contribution in [-0.2, 0) is 19.1 Å². The van der Waals surface area contributed by atoms with Crippen LogP contribution in [0, 0.1) is 5.92 Å². The average molecular weight is 501 g/mol. The fourth-order valence-corrected chi connectivity index (χ4v) is 4.82. The lowest BCUT2D eigenvalue weighted by Gasteiger charge is -2.32. The number of morpholine rings is 1. The number of rotatable bonds is 11. The molecular formula is C24H44N4O5S. The summed E-state index contributed by atoms with van der Waals surface area (Å²) in [6.45, 7) is 9.81. The maximum absolute atomic E-state index is 13.4. The minimum atomic E-state index is -0.715. The lowest BCUT2D eigenvalue weighted by molar-refractivity contribution is -0.131. The Balaban J connectivity index is 1.99. The maximum Gasteiger partial charge on any atom is 0.408 e. The third-order valence-electron chi connectivity index (χ3n) is 6.15. The van der Waals surface area contributed by atoms with E-state index in [1.165, 1.54) is 0 Å². The summed E-state index contributed by atoms with van der Waals surface area (Å²) >= 11 is 1.63. The molecule has 10 heteroatoms. The number of alkyl carbamates (subject to hydrolysis) is 1. The molecule has 0 aromatic carbocycles. The van der Waals surface area contributed by atoms with Crippen molar-refractivity contribution in [1.82, 2.24) is 20.9 Å². The molecule has 196 valence electrons. The van der Waals surface area contributed by atoms with E-state index in [-0.39, 0.29) is 17.7 Å². The molecule has 0 aromatic heterocycles. The summed E-state index contributed by atoms with van der Waals surface area (Å²) in [5.41, 5.74) is -0.654. The summed E-state index contributed by atoms with van der Waals surface area (Å²) in [6, 6.07) is -1.36. The van der Waals surface area contributed by atoms with Crippen molar-refractivity contribution >= 4 is 29.7 Å². The Morgan fingerprint density at radius 3 is 2.35 bits per heavy atom.